The molecule has 3 atom stereocenters. The minimum atomic E-state index is 0.306. The first-order valence-corrected chi connectivity index (χ1v) is 12.1. The second kappa shape index (κ2) is 11.1. The molecule has 1 heterocycles. The monoisotopic (exact) mass is 446 g/mol. The summed E-state index contributed by atoms with van der Waals surface area (Å²) >= 11 is 0. The largest absolute Gasteiger partial charge is 0.377 e. The molecule has 0 bridgehead atoms. The Balaban J connectivity index is 1.31. The van der Waals surface area contributed by atoms with Gasteiger partial charge in [-0.3, -0.25) is 0 Å². The molecule has 0 radical (unpaired) electrons. The van der Waals surface area contributed by atoms with Crippen LogP contribution in [0.5, 0.6) is 0 Å². The number of hydrogen-bond acceptors (Lipinski definition) is 4. The maximum atomic E-state index is 6.45. The van der Waals surface area contributed by atoms with Crippen LogP contribution in [0.3, 0.4) is 0 Å². The van der Waals surface area contributed by atoms with E-state index in [2.05, 4.69) is 95.4 Å². The molecule has 3 unspecified atom stereocenters. The van der Waals surface area contributed by atoms with E-state index in [1.165, 1.54) is 22.2 Å². The molecule has 0 aliphatic heterocycles. The molecule has 1 N–H and O–H groups in total. The highest BCUT2D eigenvalue weighted by Gasteiger charge is 2.22. The Labute approximate surface area is 198 Å². The van der Waals surface area contributed by atoms with Gasteiger partial charge >= 0.3 is 0 Å². The number of ether oxygens (including phenoxy) is 1. The van der Waals surface area contributed by atoms with Crippen LogP contribution >= 0.6 is 0 Å². The Morgan fingerprint density at radius 2 is 2.03 bits per heavy atom. The third-order valence-corrected chi connectivity index (χ3v) is 7.01. The summed E-state index contributed by atoms with van der Waals surface area (Å²) in [5.41, 5.74) is 6.34. The molecule has 33 heavy (non-hydrogen) atoms. The van der Waals surface area contributed by atoms with E-state index in [9.17, 15) is 0 Å². The molecular formula is C28H38N4O. The standard InChI is InChI=1S/C28H38N4O/c1-21(29-2)25(18-31(3)17-22-8-6-5-7-9-22)19-33-26-13-10-23(11-14-26)24-12-15-27-28(16-24)32(4)20-30-27/h5-10,12,15-16,20-21,25-26,29H,11,13-14,17-19H2,1-4H3. The smallest absolute Gasteiger partial charge is 0.0955 e. The van der Waals surface area contributed by atoms with Gasteiger partial charge in [0.15, 0.2) is 0 Å². The number of allylic oxidation sites excluding steroid dienone is 1. The number of benzene rings is 2. The SMILES string of the molecule is CNC(C)C(COC1CC=C(c2ccc3ncn(C)c3c2)CC1)CN(C)Cc1ccccc1. The Morgan fingerprint density at radius 3 is 2.76 bits per heavy atom. The molecule has 5 nitrogen and oxygen atoms in total. The fourth-order valence-electron chi connectivity index (χ4n) is 4.76. The van der Waals surface area contributed by atoms with Gasteiger partial charge in [0.1, 0.15) is 0 Å². The lowest BCUT2D eigenvalue weighted by molar-refractivity contribution is 0.0107. The van der Waals surface area contributed by atoms with Gasteiger partial charge in [0.25, 0.3) is 0 Å². The van der Waals surface area contributed by atoms with Crippen molar-refractivity contribution in [2.75, 3.05) is 27.2 Å². The van der Waals surface area contributed by atoms with Crippen molar-refractivity contribution in [2.24, 2.45) is 13.0 Å². The van der Waals surface area contributed by atoms with E-state index in [0.717, 1.165) is 44.5 Å². The molecule has 1 aliphatic rings. The van der Waals surface area contributed by atoms with Crippen molar-refractivity contribution in [1.29, 1.82) is 0 Å². The van der Waals surface area contributed by atoms with Gasteiger partial charge < -0.3 is 19.5 Å². The Kier molecular flexibility index (Phi) is 7.97. The minimum Gasteiger partial charge on any atom is -0.377 e. The second-order valence-electron chi connectivity index (χ2n) is 9.54. The number of rotatable bonds is 10. The molecular weight excluding hydrogens is 408 g/mol. The van der Waals surface area contributed by atoms with Crippen LogP contribution in [0.4, 0.5) is 0 Å². The van der Waals surface area contributed by atoms with Crippen LogP contribution in [0.1, 0.15) is 37.3 Å². The predicted molar refractivity (Wildman–Crippen MR) is 137 cm³/mol. The molecule has 1 aromatic heterocycles. The summed E-state index contributed by atoms with van der Waals surface area (Å²) in [4.78, 5) is 6.84. The van der Waals surface area contributed by atoms with E-state index < -0.39 is 0 Å². The van der Waals surface area contributed by atoms with Crippen LogP contribution in [0.15, 0.2) is 60.9 Å². The van der Waals surface area contributed by atoms with Gasteiger partial charge in [-0.1, -0.05) is 42.5 Å². The first-order valence-electron chi connectivity index (χ1n) is 12.1. The van der Waals surface area contributed by atoms with Gasteiger partial charge in [0.05, 0.1) is 30.1 Å². The molecule has 1 aliphatic carbocycles. The van der Waals surface area contributed by atoms with Crippen molar-refractivity contribution in [3.8, 4) is 0 Å². The highest BCUT2D eigenvalue weighted by atomic mass is 16.5. The molecule has 2 aromatic carbocycles. The quantitative estimate of drug-likeness (QED) is 0.482. The molecule has 0 spiro atoms. The predicted octanol–water partition coefficient (Wildman–Crippen LogP) is 4.88. The third-order valence-electron chi connectivity index (χ3n) is 7.01. The van der Waals surface area contributed by atoms with Crippen molar-refractivity contribution in [1.82, 2.24) is 19.8 Å². The molecule has 176 valence electrons. The van der Waals surface area contributed by atoms with E-state index in [-0.39, 0.29) is 0 Å². The van der Waals surface area contributed by atoms with Gasteiger partial charge in [-0.15, -0.1) is 0 Å². The molecule has 4 rings (SSSR count). The van der Waals surface area contributed by atoms with E-state index in [4.69, 9.17) is 4.74 Å². The normalized spacial score (nSPS) is 18.5. The molecule has 0 saturated heterocycles. The number of aryl methyl sites for hydroxylation is 1. The first kappa shape index (κ1) is 23.7. The van der Waals surface area contributed by atoms with Crippen molar-refractivity contribution in [3.63, 3.8) is 0 Å². The zero-order valence-corrected chi connectivity index (χ0v) is 20.5. The molecule has 5 heteroatoms. The highest BCUT2D eigenvalue weighted by Crippen LogP contribution is 2.30. The average Bonchev–Trinajstić information content (AvgIpc) is 3.22. The van der Waals surface area contributed by atoms with Crippen LogP contribution in [-0.4, -0.2) is 53.8 Å². The van der Waals surface area contributed by atoms with E-state index >= 15 is 0 Å². The van der Waals surface area contributed by atoms with Gasteiger partial charge in [0, 0.05) is 32.1 Å². The van der Waals surface area contributed by atoms with E-state index in [1.807, 2.05) is 13.4 Å². The van der Waals surface area contributed by atoms with Gasteiger partial charge in [-0.25, -0.2) is 4.98 Å². The number of hydrogen-bond donors (Lipinski definition) is 1. The lowest BCUT2D eigenvalue weighted by Crippen LogP contribution is -2.41. The third kappa shape index (κ3) is 6.11. The van der Waals surface area contributed by atoms with Crippen LogP contribution in [0.2, 0.25) is 0 Å². The number of imidazole rings is 1. The molecule has 0 amide bonds. The topological polar surface area (TPSA) is 42.3 Å². The van der Waals surface area contributed by atoms with Crippen LogP contribution in [0, 0.1) is 5.92 Å². The zero-order chi connectivity index (χ0) is 23.2. The second-order valence-corrected chi connectivity index (χ2v) is 9.54. The number of aromatic nitrogens is 2. The van der Waals surface area contributed by atoms with Gasteiger partial charge in [0.2, 0.25) is 0 Å². The van der Waals surface area contributed by atoms with Crippen LogP contribution in [-0.2, 0) is 18.3 Å². The highest BCUT2D eigenvalue weighted by molar-refractivity contribution is 5.81. The summed E-state index contributed by atoms with van der Waals surface area (Å²) in [7, 11) is 6.30. The molecule has 0 fully saturated rings. The summed E-state index contributed by atoms with van der Waals surface area (Å²) in [6.07, 6.45) is 7.69. The van der Waals surface area contributed by atoms with E-state index in [1.54, 1.807) is 0 Å². The number of nitrogens with one attached hydrogen (secondary N) is 1. The fourth-order valence-corrected chi connectivity index (χ4v) is 4.76. The summed E-state index contributed by atoms with van der Waals surface area (Å²) < 4.78 is 8.54. The van der Waals surface area contributed by atoms with Crippen LogP contribution < -0.4 is 5.32 Å². The van der Waals surface area contributed by atoms with Crippen molar-refractivity contribution >= 4 is 16.6 Å². The van der Waals surface area contributed by atoms with Crippen molar-refractivity contribution in [3.05, 3.63) is 72.1 Å². The zero-order valence-electron chi connectivity index (χ0n) is 20.5. The Morgan fingerprint density at radius 1 is 1.21 bits per heavy atom. The van der Waals surface area contributed by atoms with Crippen molar-refractivity contribution in [2.45, 2.75) is 44.9 Å². The summed E-state index contributed by atoms with van der Waals surface area (Å²) in [6.45, 7) is 5.02. The minimum absolute atomic E-state index is 0.306. The summed E-state index contributed by atoms with van der Waals surface area (Å²) in [5.74, 6) is 0.446. The number of fused-ring (bicyclic) bond motifs is 1. The average molecular weight is 447 g/mol. The fraction of sp³-hybridized carbons (Fsp3) is 0.464. The maximum absolute atomic E-state index is 6.45. The lowest BCUT2D eigenvalue weighted by atomic mass is 9.91. The van der Waals surface area contributed by atoms with Gasteiger partial charge in [-0.05, 0) is 69.1 Å². The Bertz CT molecular complexity index is 1060. The Hall–Kier alpha value is -2.47. The molecule has 3 aromatic rings. The van der Waals surface area contributed by atoms with E-state index in [0.29, 0.717) is 18.1 Å². The first-order chi connectivity index (χ1) is 16.0. The maximum Gasteiger partial charge on any atom is 0.0955 e. The molecule has 0 saturated carbocycles. The number of nitrogens with zero attached hydrogens (tertiary/aromatic N) is 3. The van der Waals surface area contributed by atoms with Crippen molar-refractivity contribution < 1.29 is 4.74 Å². The summed E-state index contributed by atoms with van der Waals surface area (Å²) in [5, 5.41) is 3.44. The van der Waals surface area contributed by atoms with Crippen LogP contribution in [0.25, 0.3) is 16.6 Å². The lowest BCUT2D eigenvalue weighted by Gasteiger charge is -2.31. The van der Waals surface area contributed by atoms with Gasteiger partial charge in [-0.2, -0.15) is 0 Å². The summed E-state index contributed by atoms with van der Waals surface area (Å²) in [6, 6.07) is 17.7.